The largest absolute Gasteiger partial charge is 0.494 e. The summed E-state index contributed by atoms with van der Waals surface area (Å²) in [5, 5.41) is 13.5. The topological polar surface area (TPSA) is 154 Å². The first kappa shape index (κ1) is 24.8. The third-order valence-electron chi connectivity index (χ3n) is 4.31. The zero-order valence-electron chi connectivity index (χ0n) is 17.7. The van der Waals surface area contributed by atoms with Crippen LogP contribution in [0, 0.1) is 24.0 Å². The summed E-state index contributed by atoms with van der Waals surface area (Å²) in [6.07, 6.45) is 0. The molecule has 0 aliphatic rings. The van der Waals surface area contributed by atoms with Crippen LogP contribution in [0.25, 0.3) is 0 Å². The van der Waals surface area contributed by atoms with Crippen LogP contribution in [0.5, 0.6) is 5.75 Å². The van der Waals surface area contributed by atoms with Gasteiger partial charge in [-0.05, 0) is 56.2 Å². The molecule has 172 valence electrons. The van der Waals surface area contributed by atoms with E-state index in [9.17, 15) is 28.1 Å². The van der Waals surface area contributed by atoms with Gasteiger partial charge in [0.1, 0.15) is 18.0 Å². The number of amides is 1. The summed E-state index contributed by atoms with van der Waals surface area (Å²) >= 11 is 0. The molecular weight excluding hydrogens is 442 g/mol. The van der Waals surface area contributed by atoms with Crippen molar-refractivity contribution in [1.82, 2.24) is 4.72 Å². The highest BCUT2D eigenvalue weighted by atomic mass is 32.2. The lowest BCUT2D eigenvalue weighted by Crippen LogP contribution is -2.32. The number of aryl methyl sites for hydroxylation is 2. The molecule has 0 spiro atoms. The maximum atomic E-state index is 12.3. The Labute approximate surface area is 184 Å². The molecular formula is C20H23N3O8S. The van der Waals surface area contributed by atoms with Crippen molar-refractivity contribution in [3.63, 3.8) is 0 Å². The number of esters is 1. The lowest BCUT2D eigenvalue weighted by atomic mass is 10.1. The average molecular weight is 465 g/mol. The Morgan fingerprint density at radius 2 is 1.81 bits per heavy atom. The third-order valence-corrected chi connectivity index (χ3v) is 5.71. The highest BCUT2D eigenvalue weighted by Crippen LogP contribution is 2.29. The number of benzene rings is 2. The van der Waals surface area contributed by atoms with Crippen molar-refractivity contribution >= 4 is 33.3 Å². The third kappa shape index (κ3) is 6.75. The van der Waals surface area contributed by atoms with Gasteiger partial charge in [-0.1, -0.05) is 6.07 Å². The van der Waals surface area contributed by atoms with E-state index >= 15 is 0 Å². The summed E-state index contributed by atoms with van der Waals surface area (Å²) < 4.78 is 36.6. The Morgan fingerprint density at radius 3 is 2.44 bits per heavy atom. The molecule has 12 heteroatoms. The number of hydrogen-bond donors (Lipinski definition) is 2. The van der Waals surface area contributed by atoms with E-state index in [2.05, 4.69) is 10.0 Å². The normalized spacial score (nSPS) is 11.0. The lowest BCUT2D eigenvalue weighted by Gasteiger charge is -2.10. The van der Waals surface area contributed by atoms with Crippen molar-refractivity contribution in [2.75, 3.05) is 25.1 Å². The second-order valence-electron chi connectivity index (χ2n) is 6.65. The highest BCUT2D eigenvalue weighted by molar-refractivity contribution is 7.89. The Morgan fingerprint density at radius 1 is 1.09 bits per heavy atom. The molecule has 32 heavy (non-hydrogen) atoms. The lowest BCUT2D eigenvalue weighted by molar-refractivity contribution is -0.384. The number of nitrogens with zero attached hydrogens (tertiary/aromatic N) is 1. The van der Waals surface area contributed by atoms with E-state index in [0.29, 0.717) is 6.61 Å². The zero-order valence-corrected chi connectivity index (χ0v) is 18.5. The molecule has 0 aromatic heterocycles. The van der Waals surface area contributed by atoms with Gasteiger partial charge in [0.15, 0.2) is 6.61 Å². The molecule has 2 N–H and O–H groups in total. The molecule has 0 saturated carbocycles. The zero-order chi connectivity index (χ0) is 23.9. The Kier molecular flexibility index (Phi) is 8.27. The van der Waals surface area contributed by atoms with Crippen LogP contribution in [0.1, 0.15) is 18.1 Å². The molecule has 0 aliphatic heterocycles. The molecule has 11 nitrogen and oxygen atoms in total. The molecule has 2 rings (SSSR count). The van der Waals surface area contributed by atoms with Gasteiger partial charge in [0, 0.05) is 0 Å². The smallest absolute Gasteiger partial charge is 0.321 e. The number of carbonyl (C=O) groups excluding carboxylic acids is 2. The van der Waals surface area contributed by atoms with Crippen molar-refractivity contribution in [3.05, 3.63) is 57.6 Å². The first-order valence-electron chi connectivity index (χ1n) is 9.47. The first-order valence-corrected chi connectivity index (χ1v) is 11.0. The van der Waals surface area contributed by atoms with Gasteiger partial charge in [0.05, 0.1) is 22.5 Å². The van der Waals surface area contributed by atoms with E-state index in [-0.39, 0.29) is 16.3 Å². The molecule has 0 atom stereocenters. The number of nitro groups is 1. The number of anilines is 1. The van der Waals surface area contributed by atoms with E-state index in [0.717, 1.165) is 17.2 Å². The predicted molar refractivity (Wildman–Crippen MR) is 115 cm³/mol. The number of rotatable bonds is 10. The minimum absolute atomic E-state index is 0.00560. The summed E-state index contributed by atoms with van der Waals surface area (Å²) in [6, 6.07) is 8.42. The first-order chi connectivity index (χ1) is 15.0. The van der Waals surface area contributed by atoms with E-state index in [1.807, 2.05) is 6.92 Å². The van der Waals surface area contributed by atoms with Gasteiger partial charge in [-0.2, -0.15) is 4.72 Å². The standard InChI is InChI=1S/C20H23N3O8S/c1-4-30-15-6-8-17(18(10-15)23(26)27)22-19(24)12-31-20(25)11-21-32(28,29)16-7-5-13(2)14(3)9-16/h5-10,21H,4,11-12H2,1-3H3,(H,22,24). The predicted octanol–water partition coefficient (Wildman–Crippen LogP) is 2.07. The van der Waals surface area contributed by atoms with Crippen molar-refractivity contribution in [2.45, 2.75) is 25.7 Å². The van der Waals surface area contributed by atoms with Gasteiger partial charge in [-0.25, -0.2) is 8.42 Å². The fourth-order valence-corrected chi connectivity index (χ4v) is 3.58. The van der Waals surface area contributed by atoms with Gasteiger partial charge in [-0.3, -0.25) is 19.7 Å². The fraction of sp³-hybridized carbons (Fsp3) is 0.300. The van der Waals surface area contributed by atoms with E-state index in [4.69, 9.17) is 9.47 Å². The number of nitrogens with one attached hydrogen (secondary N) is 2. The molecule has 0 radical (unpaired) electrons. The summed E-state index contributed by atoms with van der Waals surface area (Å²) in [4.78, 5) is 34.4. The van der Waals surface area contributed by atoms with E-state index in [1.54, 1.807) is 19.9 Å². The van der Waals surface area contributed by atoms with E-state index in [1.165, 1.54) is 24.3 Å². The van der Waals surface area contributed by atoms with Crippen LogP contribution >= 0.6 is 0 Å². The van der Waals surface area contributed by atoms with Gasteiger partial charge < -0.3 is 14.8 Å². The van der Waals surface area contributed by atoms with E-state index < -0.39 is 45.7 Å². The molecule has 2 aromatic rings. The molecule has 0 heterocycles. The second-order valence-corrected chi connectivity index (χ2v) is 8.42. The van der Waals surface area contributed by atoms with Crippen LogP contribution < -0.4 is 14.8 Å². The molecule has 0 saturated heterocycles. The summed E-state index contributed by atoms with van der Waals surface area (Å²) in [7, 11) is -3.94. The summed E-state index contributed by atoms with van der Waals surface area (Å²) in [6.45, 7) is 4.18. The Balaban J connectivity index is 1.91. The number of ether oxygens (including phenoxy) is 2. The summed E-state index contributed by atoms with van der Waals surface area (Å²) in [5.41, 5.74) is 1.20. The molecule has 2 aromatic carbocycles. The quantitative estimate of drug-likeness (QED) is 0.307. The van der Waals surface area contributed by atoms with Crippen LogP contribution in [0.15, 0.2) is 41.3 Å². The van der Waals surface area contributed by atoms with Crippen molar-refractivity contribution in [1.29, 1.82) is 0 Å². The van der Waals surface area contributed by atoms with Gasteiger partial charge in [0.25, 0.3) is 11.6 Å². The molecule has 0 aliphatic carbocycles. The van der Waals surface area contributed by atoms with Crippen LogP contribution in [0.3, 0.4) is 0 Å². The van der Waals surface area contributed by atoms with Crippen LogP contribution in [-0.2, 0) is 24.3 Å². The average Bonchev–Trinajstić information content (AvgIpc) is 2.73. The molecule has 0 fully saturated rings. The van der Waals surface area contributed by atoms with Crippen molar-refractivity contribution in [3.8, 4) is 5.75 Å². The number of hydrogen-bond acceptors (Lipinski definition) is 8. The summed E-state index contributed by atoms with van der Waals surface area (Å²) in [5.74, 6) is -1.56. The maximum absolute atomic E-state index is 12.3. The fourth-order valence-electron chi connectivity index (χ4n) is 2.53. The van der Waals surface area contributed by atoms with Crippen molar-refractivity contribution in [2.24, 2.45) is 0 Å². The number of sulfonamides is 1. The monoisotopic (exact) mass is 465 g/mol. The Bertz CT molecular complexity index is 1130. The van der Waals surface area contributed by atoms with Crippen LogP contribution in [0.2, 0.25) is 0 Å². The molecule has 0 unspecified atom stereocenters. The SMILES string of the molecule is CCOc1ccc(NC(=O)COC(=O)CNS(=O)(=O)c2ccc(C)c(C)c2)c([N+](=O)[O-])c1. The van der Waals surface area contributed by atoms with Crippen LogP contribution in [-0.4, -0.2) is 45.0 Å². The number of nitro benzene ring substituents is 1. The minimum atomic E-state index is -3.94. The second kappa shape index (κ2) is 10.7. The van der Waals surface area contributed by atoms with Gasteiger partial charge >= 0.3 is 5.97 Å². The van der Waals surface area contributed by atoms with Gasteiger partial charge in [-0.15, -0.1) is 0 Å². The molecule has 0 bridgehead atoms. The maximum Gasteiger partial charge on any atom is 0.321 e. The number of carbonyl (C=O) groups is 2. The minimum Gasteiger partial charge on any atom is -0.494 e. The van der Waals surface area contributed by atoms with Gasteiger partial charge in [0.2, 0.25) is 10.0 Å². The highest BCUT2D eigenvalue weighted by Gasteiger charge is 2.20. The Hall–Kier alpha value is -3.51. The van der Waals surface area contributed by atoms with Crippen LogP contribution in [0.4, 0.5) is 11.4 Å². The molecule has 1 amide bonds. The van der Waals surface area contributed by atoms with Crippen molar-refractivity contribution < 1.29 is 32.4 Å².